The number of halogens is 1. The van der Waals surface area contributed by atoms with E-state index in [9.17, 15) is 9.90 Å². The van der Waals surface area contributed by atoms with Gasteiger partial charge in [-0.3, -0.25) is 9.69 Å². The van der Waals surface area contributed by atoms with Crippen LogP contribution in [0.3, 0.4) is 0 Å². The molecule has 3 unspecified atom stereocenters. The van der Waals surface area contributed by atoms with Crippen molar-refractivity contribution < 1.29 is 14.4 Å². The minimum Gasteiger partial charge on any atom is -0.480 e. The number of fused-ring (bicyclic) bond motifs is 1. The van der Waals surface area contributed by atoms with Crippen molar-refractivity contribution in [3.05, 3.63) is 11.7 Å². The molecule has 1 aromatic rings. The highest BCUT2D eigenvalue weighted by molar-refractivity contribution is 5.85. The second-order valence-electron chi connectivity index (χ2n) is 7.08. The van der Waals surface area contributed by atoms with Gasteiger partial charge in [-0.25, -0.2) is 0 Å². The molecule has 1 aliphatic heterocycles. The summed E-state index contributed by atoms with van der Waals surface area (Å²) in [5, 5.41) is 13.5. The summed E-state index contributed by atoms with van der Waals surface area (Å²) in [7, 11) is 0. The molecule has 1 aromatic heterocycles. The molecule has 3 atom stereocenters. The first kappa shape index (κ1) is 18.2. The van der Waals surface area contributed by atoms with E-state index in [-0.39, 0.29) is 12.4 Å². The second kappa shape index (κ2) is 7.62. The van der Waals surface area contributed by atoms with E-state index in [1.165, 1.54) is 12.8 Å². The number of hydrogen-bond donors (Lipinski definition) is 1. The van der Waals surface area contributed by atoms with Crippen LogP contribution in [0.2, 0.25) is 0 Å². The Morgan fingerprint density at radius 1 is 1.39 bits per heavy atom. The predicted molar refractivity (Wildman–Crippen MR) is 87.4 cm³/mol. The first-order chi connectivity index (χ1) is 10.5. The van der Waals surface area contributed by atoms with Crippen LogP contribution in [0.25, 0.3) is 0 Å². The molecule has 0 bridgehead atoms. The van der Waals surface area contributed by atoms with Crippen LogP contribution < -0.4 is 0 Å². The van der Waals surface area contributed by atoms with Crippen LogP contribution in [0.5, 0.6) is 0 Å². The highest BCUT2D eigenvalue weighted by Crippen LogP contribution is 2.40. The summed E-state index contributed by atoms with van der Waals surface area (Å²) in [5.41, 5.74) is 0. The van der Waals surface area contributed by atoms with Crippen LogP contribution in [-0.2, 0) is 17.8 Å². The molecule has 1 aliphatic carbocycles. The molecule has 3 rings (SSSR count). The average molecular weight is 344 g/mol. The lowest BCUT2D eigenvalue weighted by molar-refractivity contribution is -0.143. The van der Waals surface area contributed by atoms with Crippen LogP contribution in [-0.4, -0.2) is 38.2 Å². The van der Waals surface area contributed by atoms with Crippen molar-refractivity contribution in [2.45, 2.75) is 71.0 Å². The molecular weight excluding hydrogens is 318 g/mol. The maximum atomic E-state index is 11.6. The Kier molecular flexibility index (Phi) is 6.03. The van der Waals surface area contributed by atoms with Gasteiger partial charge in [-0.05, 0) is 31.1 Å². The third-order valence-electron chi connectivity index (χ3n) is 4.93. The average Bonchev–Trinajstić information content (AvgIpc) is 3.04. The summed E-state index contributed by atoms with van der Waals surface area (Å²) in [6.07, 6.45) is 6.19. The summed E-state index contributed by atoms with van der Waals surface area (Å²) < 4.78 is 5.34. The standard InChI is InChI=1S/C16H25N3O3.ClH/c1-10(2)7-14-17-15(22-18-14)9-19-12-6-4-3-5-11(12)8-13(19)16(20)21;/h10-13H,3-9H2,1-2H3,(H,20,21);1H. The third-order valence-corrected chi connectivity index (χ3v) is 4.93. The summed E-state index contributed by atoms with van der Waals surface area (Å²) in [6.45, 7) is 4.69. The maximum Gasteiger partial charge on any atom is 0.320 e. The first-order valence-corrected chi connectivity index (χ1v) is 8.34. The van der Waals surface area contributed by atoms with E-state index < -0.39 is 12.0 Å². The second-order valence-corrected chi connectivity index (χ2v) is 7.08. The highest BCUT2D eigenvalue weighted by Gasteiger charge is 2.45. The van der Waals surface area contributed by atoms with Gasteiger partial charge in [0.1, 0.15) is 6.04 Å². The Morgan fingerprint density at radius 3 is 2.83 bits per heavy atom. The molecule has 2 aliphatic rings. The molecule has 0 spiro atoms. The molecule has 7 heteroatoms. The molecule has 130 valence electrons. The number of carbonyl (C=O) groups is 1. The molecule has 2 heterocycles. The predicted octanol–water partition coefficient (Wildman–Crippen LogP) is 2.91. The number of aliphatic carboxylic acids is 1. The van der Waals surface area contributed by atoms with Gasteiger partial charge in [-0.2, -0.15) is 4.98 Å². The summed E-state index contributed by atoms with van der Waals surface area (Å²) in [6, 6.07) is -0.0520. The number of rotatable bonds is 5. The van der Waals surface area contributed by atoms with Crippen molar-refractivity contribution in [2.24, 2.45) is 11.8 Å². The number of likely N-dealkylation sites (tertiary alicyclic amines) is 1. The van der Waals surface area contributed by atoms with E-state index in [2.05, 4.69) is 28.9 Å². The van der Waals surface area contributed by atoms with Crippen LogP contribution >= 0.6 is 12.4 Å². The molecule has 0 aromatic carbocycles. The van der Waals surface area contributed by atoms with E-state index in [0.29, 0.717) is 30.3 Å². The summed E-state index contributed by atoms with van der Waals surface area (Å²) in [5.74, 6) is 1.53. The molecule has 1 saturated heterocycles. The smallest absolute Gasteiger partial charge is 0.320 e. The Balaban J connectivity index is 0.00000192. The fourth-order valence-corrected chi connectivity index (χ4v) is 3.98. The van der Waals surface area contributed by atoms with Gasteiger partial charge < -0.3 is 9.63 Å². The van der Waals surface area contributed by atoms with Crippen LogP contribution in [0.1, 0.15) is 57.7 Å². The van der Waals surface area contributed by atoms with Crippen LogP contribution in [0, 0.1) is 11.8 Å². The van der Waals surface area contributed by atoms with Crippen LogP contribution in [0.15, 0.2) is 4.52 Å². The van der Waals surface area contributed by atoms with E-state index in [1.807, 2.05) is 0 Å². The molecule has 0 amide bonds. The molecule has 1 N–H and O–H groups in total. The number of nitrogens with zero attached hydrogens (tertiary/aromatic N) is 3. The zero-order chi connectivity index (χ0) is 15.7. The molecule has 0 radical (unpaired) electrons. The Morgan fingerprint density at radius 2 is 2.13 bits per heavy atom. The van der Waals surface area contributed by atoms with E-state index in [0.717, 1.165) is 31.5 Å². The van der Waals surface area contributed by atoms with E-state index >= 15 is 0 Å². The first-order valence-electron chi connectivity index (χ1n) is 8.34. The fourth-order valence-electron chi connectivity index (χ4n) is 3.98. The van der Waals surface area contributed by atoms with Gasteiger partial charge in [0.25, 0.3) is 0 Å². The Bertz CT molecular complexity index is 534. The molecule has 2 fully saturated rings. The zero-order valence-corrected chi connectivity index (χ0v) is 14.6. The van der Waals surface area contributed by atoms with Gasteiger partial charge in [-0.15, -0.1) is 12.4 Å². The molecule has 6 nitrogen and oxygen atoms in total. The molecular formula is C16H26ClN3O3. The SMILES string of the molecule is CC(C)Cc1noc(CN2C(C(=O)O)CC3CCCCC32)n1.Cl. The van der Waals surface area contributed by atoms with Gasteiger partial charge in [-0.1, -0.05) is 31.8 Å². The van der Waals surface area contributed by atoms with E-state index in [4.69, 9.17) is 4.52 Å². The van der Waals surface area contributed by atoms with Crippen molar-refractivity contribution in [2.75, 3.05) is 0 Å². The van der Waals surface area contributed by atoms with Crippen molar-refractivity contribution in [3.8, 4) is 0 Å². The largest absolute Gasteiger partial charge is 0.480 e. The van der Waals surface area contributed by atoms with Crippen molar-refractivity contribution in [3.63, 3.8) is 0 Å². The van der Waals surface area contributed by atoms with Gasteiger partial charge in [0.05, 0.1) is 6.54 Å². The number of carboxylic acid groups (broad SMARTS) is 1. The van der Waals surface area contributed by atoms with Crippen molar-refractivity contribution in [1.82, 2.24) is 15.0 Å². The molecule has 23 heavy (non-hydrogen) atoms. The Labute approximate surface area is 143 Å². The monoisotopic (exact) mass is 343 g/mol. The van der Waals surface area contributed by atoms with Crippen molar-refractivity contribution in [1.29, 1.82) is 0 Å². The topological polar surface area (TPSA) is 79.5 Å². The lowest BCUT2D eigenvalue weighted by Gasteiger charge is -2.31. The lowest BCUT2D eigenvalue weighted by atomic mass is 9.85. The lowest BCUT2D eigenvalue weighted by Crippen LogP contribution is -2.41. The minimum absolute atomic E-state index is 0. The number of aromatic nitrogens is 2. The zero-order valence-electron chi connectivity index (χ0n) is 13.8. The van der Waals surface area contributed by atoms with Gasteiger partial charge in [0.2, 0.25) is 5.89 Å². The van der Waals surface area contributed by atoms with Gasteiger partial charge >= 0.3 is 5.97 Å². The quantitative estimate of drug-likeness (QED) is 0.885. The maximum absolute atomic E-state index is 11.6. The Hall–Kier alpha value is -1.14. The molecule has 1 saturated carbocycles. The van der Waals surface area contributed by atoms with E-state index in [1.54, 1.807) is 0 Å². The van der Waals surface area contributed by atoms with Crippen LogP contribution in [0.4, 0.5) is 0 Å². The number of carboxylic acids is 1. The van der Waals surface area contributed by atoms with Gasteiger partial charge in [0, 0.05) is 12.5 Å². The summed E-state index contributed by atoms with van der Waals surface area (Å²) in [4.78, 5) is 18.1. The third kappa shape index (κ3) is 4.04. The normalized spacial score (nSPS) is 27.7. The fraction of sp³-hybridized carbons (Fsp3) is 0.812. The van der Waals surface area contributed by atoms with Gasteiger partial charge in [0.15, 0.2) is 5.82 Å². The summed E-state index contributed by atoms with van der Waals surface area (Å²) >= 11 is 0. The van der Waals surface area contributed by atoms with Crippen molar-refractivity contribution >= 4 is 18.4 Å². The number of hydrogen-bond acceptors (Lipinski definition) is 5. The highest BCUT2D eigenvalue weighted by atomic mass is 35.5. The minimum atomic E-state index is -0.726.